The Morgan fingerprint density at radius 1 is 1.06 bits per heavy atom. The minimum atomic E-state index is 0.0653. The van der Waals surface area contributed by atoms with Gasteiger partial charge in [0.1, 0.15) is 5.75 Å². The molecule has 0 unspecified atom stereocenters. The minimum absolute atomic E-state index is 0.0653. The van der Waals surface area contributed by atoms with Crippen molar-refractivity contribution >= 4 is 0 Å². The highest BCUT2D eigenvalue weighted by Gasteiger charge is 2.28. The molecule has 1 aliphatic heterocycles. The highest BCUT2D eigenvalue weighted by atomic mass is 16.5. The summed E-state index contributed by atoms with van der Waals surface area (Å²) in [5.74, 6) is 1.06. The van der Waals surface area contributed by atoms with Crippen LogP contribution in [0.25, 0.3) is 0 Å². The van der Waals surface area contributed by atoms with Crippen molar-refractivity contribution in [3.63, 3.8) is 0 Å². The average molecular weight is 247 g/mol. The first kappa shape index (κ1) is 13.4. The number of pyridine rings is 1. The van der Waals surface area contributed by atoms with Gasteiger partial charge in [0, 0.05) is 28.2 Å². The van der Waals surface area contributed by atoms with Gasteiger partial charge in [-0.05, 0) is 12.8 Å². The van der Waals surface area contributed by atoms with Gasteiger partial charge in [0.25, 0.3) is 0 Å². The highest BCUT2D eigenvalue weighted by Crippen LogP contribution is 2.36. The Bertz CT molecular complexity index is 449. The van der Waals surface area contributed by atoms with E-state index < -0.39 is 0 Å². The monoisotopic (exact) mass is 247 g/mol. The van der Waals surface area contributed by atoms with Gasteiger partial charge in [-0.15, -0.1) is 0 Å². The summed E-state index contributed by atoms with van der Waals surface area (Å²) in [6.07, 6.45) is 2.20. The predicted octanol–water partition coefficient (Wildman–Crippen LogP) is 4.00. The summed E-state index contributed by atoms with van der Waals surface area (Å²) in [6.45, 7) is 14.2. The van der Waals surface area contributed by atoms with E-state index in [0.29, 0.717) is 0 Å². The maximum atomic E-state index is 5.86. The normalized spacial score (nSPS) is 16.1. The van der Waals surface area contributed by atoms with Gasteiger partial charge in [-0.2, -0.15) is 0 Å². The molecule has 1 aromatic rings. The van der Waals surface area contributed by atoms with Gasteiger partial charge in [0.2, 0.25) is 0 Å². The lowest BCUT2D eigenvalue weighted by molar-refractivity contribution is 0.283. The molecule has 2 heteroatoms. The third kappa shape index (κ3) is 2.52. The Kier molecular flexibility index (Phi) is 3.16. The maximum absolute atomic E-state index is 5.86. The molecule has 2 rings (SSSR count). The molecule has 0 atom stereocenters. The van der Waals surface area contributed by atoms with Gasteiger partial charge in [-0.25, -0.2) is 0 Å². The van der Waals surface area contributed by atoms with Crippen molar-refractivity contribution in [2.75, 3.05) is 6.61 Å². The van der Waals surface area contributed by atoms with Crippen molar-refractivity contribution in [1.82, 2.24) is 4.98 Å². The standard InChI is InChI=1S/C16H25NO/c1-15(2,3)13-10-12-11(8-7-9-18-12)14(17-13)16(4,5)6/h10H,7-9H2,1-6H3. The molecule has 0 N–H and O–H groups in total. The first-order valence-corrected chi connectivity index (χ1v) is 6.87. The van der Waals surface area contributed by atoms with Crippen LogP contribution in [0.15, 0.2) is 6.07 Å². The maximum Gasteiger partial charge on any atom is 0.126 e. The second kappa shape index (κ2) is 4.25. The summed E-state index contributed by atoms with van der Waals surface area (Å²) in [6, 6.07) is 2.14. The molecular weight excluding hydrogens is 222 g/mol. The molecule has 0 fully saturated rings. The quantitative estimate of drug-likeness (QED) is 0.691. The smallest absolute Gasteiger partial charge is 0.126 e. The SMILES string of the molecule is CC(C)(C)c1cc2c(c(C(C)(C)C)n1)CCCO2. The van der Waals surface area contributed by atoms with Crippen molar-refractivity contribution in [2.24, 2.45) is 0 Å². The first-order valence-electron chi connectivity index (χ1n) is 6.87. The van der Waals surface area contributed by atoms with Gasteiger partial charge in [0.05, 0.1) is 12.3 Å². The number of nitrogens with zero attached hydrogens (tertiary/aromatic N) is 1. The van der Waals surface area contributed by atoms with Crippen LogP contribution in [0.3, 0.4) is 0 Å². The van der Waals surface area contributed by atoms with Gasteiger partial charge in [-0.1, -0.05) is 41.5 Å². The fourth-order valence-corrected chi connectivity index (χ4v) is 2.35. The number of fused-ring (bicyclic) bond motifs is 1. The second-order valence-electron chi connectivity index (χ2n) is 7.28. The van der Waals surface area contributed by atoms with Gasteiger partial charge >= 0.3 is 0 Å². The van der Waals surface area contributed by atoms with Crippen LogP contribution < -0.4 is 4.74 Å². The zero-order chi connectivity index (χ0) is 13.6. The molecule has 0 saturated heterocycles. The van der Waals surface area contributed by atoms with Crippen molar-refractivity contribution in [2.45, 2.75) is 65.2 Å². The van der Waals surface area contributed by atoms with E-state index in [0.717, 1.165) is 30.9 Å². The fraction of sp³-hybridized carbons (Fsp3) is 0.688. The van der Waals surface area contributed by atoms with Crippen LogP contribution in [0, 0.1) is 0 Å². The van der Waals surface area contributed by atoms with Crippen molar-refractivity contribution in [3.8, 4) is 5.75 Å². The Morgan fingerprint density at radius 2 is 1.72 bits per heavy atom. The van der Waals surface area contributed by atoms with E-state index in [9.17, 15) is 0 Å². The highest BCUT2D eigenvalue weighted by molar-refractivity contribution is 5.43. The number of rotatable bonds is 0. The van der Waals surface area contributed by atoms with Crippen molar-refractivity contribution < 1.29 is 4.74 Å². The molecule has 0 radical (unpaired) electrons. The Morgan fingerprint density at radius 3 is 2.28 bits per heavy atom. The minimum Gasteiger partial charge on any atom is -0.493 e. The predicted molar refractivity (Wildman–Crippen MR) is 75.5 cm³/mol. The molecule has 2 heterocycles. The van der Waals surface area contributed by atoms with Crippen LogP contribution in [0.1, 0.15) is 64.9 Å². The summed E-state index contributed by atoms with van der Waals surface area (Å²) in [4.78, 5) is 4.95. The zero-order valence-corrected chi connectivity index (χ0v) is 12.6. The molecule has 0 spiro atoms. The van der Waals surface area contributed by atoms with Gasteiger partial charge in [-0.3, -0.25) is 4.98 Å². The summed E-state index contributed by atoms with van der Waals surface area (Å²) in [5.41, 5.74) is 3.81. The number of ether oxygens (including phenoxy) is 1. The molecule has 0 bridgehead atoms. The third-order valence-corrected chi connectivity index (χ3v) is 3.39. The Balaban J connectivity index is 2.63. The summed E-state index contributed by atoms with van der Waals surface area (Å²) >= 11 is 0. The first-order chi connectivity index (χ1) is 8.19. The zero-order valence-electron chi connectivity index (χ0n) is 12.6. The molecule has 1 aromatic heterocycles. The topological polar surface area (TPSA) is 22.1 Å². The molecule has 1 aliphatic rings. The summed E-state index contributed by atoms with van der Waals surface area (Å²) < 4.78 is 5.86. The Labute approximate surface area is 111 Å². The van der Waals surface area contributed by atoms with E-state index >= 15 is 0 Å². The number of hydrogen-bond acceptors (Lipinski definition) is 2. The van der Waals surface area contributed by atoms with E-state index in [4.69, 9.17) is 9.72 Å². The van der Waals surface area contributed by atoms with Gasteiger partial charge in [0.15, 0.2) is 0 Å². The molecular formula is C16H25NO. The van der Waals surface area contributed by atoms with E-state index in [-0.39, 0.29) is 10.8 Å². The summed E-state index contributed by atoms with van der Waals surface area (Å²) in [5, 5.41) is 0. The fourth-order valence-electron chi connectivity index (χ4n) is 2.35. The van der Waals surface area contributed by atoms with E-state index in [1.54, 1.807) is 0 Å². The molecule has 18 heavy (non-hydrogen) atoms. The second-order valence-corrected chi connectivity index (χ2v) is 7.28. The van der Waals surface area contributed by atoms with Crippen LogP contribution in [-0.4, -0.2) is 11.6 Å². The molecule has 0 aliphatic carbocycles. The summed E-state index contributed by atoms with van der Waals surface area (Å²) in [7, 11) is 0. The van der Waals surface area contributed by atoms with E-state index in [1.165, 1.54) is 11.3 Å². The van der Waals surface area contributed by atoms with Crippen LogP contribution in [0.2, 0.25) is 0 Å². The molecule has 0 saturated carbocycles. The van der Waals surface area contributed by atoms with E-state index in [1.807, 2.05) is 0 Å². The molecule has 0 aromatic carbocycles. The van der Waals surface area contributed by atoms with Crippen LogP contribution in [0.4, 0.5) is 0 Å². The third-order valence-electron chi connectivity index (χ3n) is 3.39. The van der Waals surface area contributed by atoms with Crippen molar-refractivity contribution in [1.29, 1.82) is 0 Å². The molecule has 0 amide bonds. The lowest BCUT2D eigenvalue weighted by Gasteiger charge is -2.30. The van der Waals surface area contributed by atoms with Crippen LogP contribution in [-0.2, 0) is 17.3 Å². The van der Waals surface area contributed by atoms with Crippen molar-refractivity contribution in [3.05, 3.63) is 23.0 Å². The lowest BCUT2D eigenvalue weighted by Crippen LogP contribution is -2.24. The van der Waals surface area contributed by atoms with E-state index in [2.05, 4.69) is 47.6 Å². The number of hydrogen-bond donors (Lipinski definition) is 0. The average Bonchev–Trinajstić information content (AvgIpc) is 2.25. The molecule has 100 valence electrons. The Hall–Kier alpha value is -1.05. The largest absolute Gasteiger partial charge is 0.493 e. The number of aromatic nitrogens is 1. The van der Waals surface area contributed by atoms with Crippen LogP contribution >= 0.6 is 0 Å². The lowest BCUT2D eigenvalue weighted by atomic mass is 9.83. The van der Waals surface area contributed by atoms with Gasteiger partial charge < -0.3 is 4.74 Å². The van der Waals surface area contributed by atoms with Crippen LogP contribution in [0.5, 0.6) is 5.75 Å². The molecule has 2 nitrogen and oxygen atoms in total.